The molecule has 0 aromatic carbocycles. The first-order chi connectivity index (χ1) is 8.47. The van der Waals surface area contributed by atoms with Crippen LogP contribution in [0.2, 0.25) is 39.3 Å². The van der Waals surface area contributed by atoms with Gasteiger partial charge in [0.05, 0.1) is 5.41 Å². The van der Waals surface area contributed by atoms with E-state index < -0.39 is 27.9 Å². The van der Waals surface area contributed by atoms with Crippen LogP contribution in [-0.4, -0.2) is 37.8 Å². The lowest BCUT2D eigenvalue weighted by Crippen LogP contribution is -2.66. The number of nitrogens with zero attached hydrogens (tertiary/aromatic N) is 1. The summed E-state index contributed by atoms with van der Waals surface area (Å²) in [5.41, 5.74) is -0.499. The normalized spacial score (nSPS) is 28.9. The summed E-state index contributed by atoms with van der Waals surface area (Å²) in [4.78, 5) is 11.9. The molecule has 0 aromatic heterocycles. The van der Waals surface area contributed by atoms with E-state index in [1.165, 1.54) is 0 Å². The van der Waals surface area contributed by atoms with Gasteiger partial charge in [0.15, 0.2) is 0 Å². The summed E-state index contributed by atoms with van der Waals surface area (Å²) in [5.74, 6) is -0.570. The van der Waals surface area contributed by atoms with Gasteiger partial charge in [0.25, 0.3) is 0 Å². The highest BCUT2D eigenvalue weighted by molar-refractivity contribution is 6.89. The molecule has 5 heteroatoms. The van der Waals surface area contributed by atoms with Crippen LogP contribution >= 0.6 is 0 Å². The van der Waals surface area contributed by atoms with Crippen molar-refractivity contribution in [1.82, 2.24) is 4.23 Å². The second kappa shape index (κ2) is 5.33. The summed E-state index contributed by atoms with van der Waals surface area (Å²) in [7, 11) is -3.01. The Bertz CT molecular complexity index is 332. The predicted octanol–water partition coefficient (Wildman–Crippen LogP) is 3.99. The molecule has 0 aliphatic heterocycles. The first-order valence-electron chi connectivity index (χ1n) is 7.49. The minimum Gasteiger partial charge on any atom is -0.481 e. The van der Waals surface area contributed by atoms with Crippen molar-refractivity contribution < 1.29 is 9.90 Å². The van der Waals surface area contributed by atoms with Gasteiger partial charge >= 0.3 is 5.97 Å². The molecular formula is C14H31NO2Si2. The number of hydrogen-bond donors (Lipinski definition) is 1. The average Bonchev–Trinajstić information content (AvgIpc) is 2.57. The summed E-state index contributed by atoms with van der Waals surface area (Å²) in [6.07, 6.45) is 3.75. The van der Waals surface area contributed by atoms with E-state index in [4.69, 9.17) is 0 Å². The first-order valence-corrected chi connectivity index (χ1v) is 14.4. The zero-order valence-electron chi connectivity index (χ0n) is 13.7. The van der Waals surface area contributed by atoms with Gasteiger partial charge in [-0.25, -0.2) is 0 Å². The summed E-state index contributed by atoms with van der Waals surface area (Å²) in [6, 6.07) is 0.258. The van der Waals surface area contributed by atoms with Crippen molar-refractivity contribution in [1.29, 1.82) is 0 Å². The lowest BCUT2D eigenvalue weighted by Gasteiger charge is -2.52. The molecule has 1 fully saturated rings. The monoisotopic (exact) mass is 301 g/mol. The van der Waals surface area contributed by atoms with Crippen LogP contribution in [0.25, 0.3) is 0 Å². The summed E-state index contributed by atoms with van der Waals surface area (Å²) in [5, 5.41) is 9.82. The Morgan fingerprint density at radius 2 is 1.68 bits per heavy atom. The molecule has 112 valence electrons. The Kier molecular flexibility index (Phi) is 4.75. The van der Waals surface area contributed by atoms with Crippen molar-refractivity contribution in [2.24, 2.45) is 5.41 Å². The summed E-state index contributed by atoms with van der Waals surface area (Å²) >= 11 is 0. The highest BCUT2D eigenvalue weighted by Gasteiger charge is 2.54. The zero-order valence-corrected chi connectivity index (χ0v) is 15.7. The third-order valence-electron chi connectivity index (χ3n) is 4.55. The van der Waals surface area contributed by atoms with E-state index in [-0.39, 0.29) is 6.04 Å². The lowest BCUT2D eigenvalue weighted by atomic mass is 9.80. The van der Waals surface area contributed by atoms with Crippen LogP contribution in [0.15, 0.2) is 0 Å². The topological polar surface area (TPSA) is 40.5 Å². The molecule has 0 amide bonds. The van der Waals surface area contributed by atoms with E-state index in [2.05, 4.69) is 50.4 Å². The van der Waals surface area contributed by atoms with Crippen molar-refractivity contribution in [3.8, 4) is 0 Å². The Hall–Kier alpha value is -0.136. The summed E-state index contributed by atoms with van der Waals surface area (Å²) in [6.45, 7) is 16.3. The van der Waals surface area contributed by atoms with Crippen LogP contribution in [0, 0.1) is 5.41 Å². The highest BCUT2D eigenvalue weighted by atomic mass is 28.4. The minimum absolute atomic E-state index is 0.258. The van der Waals surface area contributed by atoms with Crippen molar-refractivity contribution in [3.63, 3.8) is 0 Å². The van der Waals surface area contributed by atoms with Gasteiger partial charge in [-0.1, -0.05) is 52.6 Å². The number of aliphatic carboxylic acids is 1. The van der Waals surface area contributed by atoms with E-state index in [1.54, 1.807) is 0 Å². The fourth-order valence-electron chi connectivity index (χ4n) is 4.18. The van der Waals surface area contributed by atoms with E-state index in [0.717, 1.165) is 25.7 Å². The molecule has 0 saturated heterocycles. The molecule has 0 aromatic rings. The van der Waals surface area contributed by atoms with Gasteiger partial charge in [-0.3, -0.25) is 4.79 Å². The number of rotatable bonds is 5. The molecule has 0 spiro atoms. The summed E-state index contributed by atoms with van der Waals surface area (Å²) < 4.78 is 2.71. The predicted molar refractivity (Wildman–Crippen MR) is 86.5 cm³/mol. The maximum Gasteiger partial charge on any atom is 0.311 e. The van der Waals surface area contributed by atoms with Gasteiger partial charge in [0.1, 0.15) is 16.5 Å². The molecule has 0 radical (unpaired) electrons. The molecule has 3 nitrogen and oxygen atoms in total. The largest absolute Gasteiger partial charge is 0.481 e. The molecule has 1 aliphatic carbocycles. The number of hydrogen-bond acceptors (Lipinski definition) is 2. The molecule has 1 rings (SSSR count). The number of carbonyl (C=O) groups is 1. The third-order valence-corrected chi connectivity index (χ3v) is 12.1. The Balaban J connectivity index is 3.26. The third kappa shape index (κ3) is 3.14. The van der Waals surface area contributed by atoms with E-state index in [0.29, 0.717) is 0 Å². The number of carboxylic acids is 1. The molecule has 1 saturated carbocycles. The lowest BCUT2D eigenvalue weighted by molar-refractivity contribution is -0.150. The minimum atomic E-state index is -1.51. The van der Waals surface area contributed by atoms with Gasteiger partial charge < -0.3 is 9.34 Å². The smallest absolute Gasteiger partial charge is 0.311 e. The van der Waals surface area contributed by atoms with Gasteiger partial charge in [0.2, 0.25) is 0 Å². The molecule has 0 bridgehead atoms. The molecule has 0 heterocycles. The van der Waals surface area contributed by atoms with Gasteiger partial charge in [-0.05, 0) is 19.3 Å². The van der Waals surface area contributed by atoms with Gasteiger partial charge in [0, 0.05) is 6.04 Å². The maximum atomic E-state index is 11.9. The van der Waals surface area contributed by atoms with Gasteiger partial charge in [-0.2, -0.15) is 0 Å². The van der Waals surface area contributed by atoms with E-state index in [9.17, 15) is 9.90 Å². The van der Waals surface area contributed by atoms with Crippen molar-refractivity contribution in [3.05, 3.63) is 0 Å². The quantitative estimate of drug-likeness (QED) is 0.781. The van der Waals surface area contributed by atoms with Crippen LogP contribution in [0.4, 0.5) is 0 Å². The fraction of sp³-hybridized carbons (Fsp3) is 0.929. The molecular weight excluding hydrogens is 270 g/mol. The van der Waals surface area contributed by atoms with E-state index in [1.807, 2.05) is 0 Å². The molecule has 2 unspecified atom stereocenters. The fourth-order valence-corrected chi connectivity index (χ4v) is 14.9. The average molecular weight is 302 g/mol. The van der Waals surface area contributed by atoms with Crippen LogP contribution < -0.4 is 0 Å². The van der Waals surface area contributed by atoms with Gasteiger partial charge in [-0.15, -0.1) is 0 Å². The maximum absolute atomic E-state index is 11.9. The van der Waals surface area contributed by atoms with Crippen molar-refractivity contribution >= 4 is 22.4 Å². The molecule has 1 aliphatic rings. The second-order valence-electron chi connectivity index (χ2n) is 7.93. The van der Waals surface area contributed by atoms with Crippen molar-refractivity contribution in [2.45, 2.75) is 77.9 Å². The molecule has 2 atom stereocenters. The zero-order chi connectivity index (χ0) is 15.1. The Labute approximate surface area is 120 Å². The van der Waals surface area contributed by atoms with Crippen LogP contribution in [0.1, 0.15) is 32.6 Å². The van der Waals surface area contributed by atoms with Crippen LogP contribution in [0.5, 0.6) is 0 Å². The molecule has 1 N–H and O–H groups in total. The van der Waals surface area contributed by atoms with Crippen LogP contribution in [0.3, 0.4) is 0 Å². The second-order valence-corrected chi connectivity index (χ2v) is 18.0. The standard InChI is InChI=1S/C14H31NO2Si2/c1-8-14(13(16)17)11-9-10-12(14)15(18(2,3)4)19(5,6)7/h12H,8-11H2,1-7H3,(H,16,17). The Morgan fingerprint density at radius 3 is 2.00 bits per heavy atom. The number of carboxylic acid groups (broad SMARTS) is 1. The Morgan fingerprint density at radius 1 is 1.21 bits per heavy atom. The van der Waals surface area contributed by atoms with Crippen molar-refractivity contribution in [2.75, 3.05) is 0 Å². The van der Waals surface area contributed by atoms with Crippen LogP contribution in [-0.2, 0) is 4.79 Å². The molecule has 19 heavy (non-hydrogen) atoms. The highest BCUT2D eigenvalue weighted by Crippen LogP contribution is 2.47. The van der Waals surface area contributed by atoms with E-state index >= 15 is 0 Å². The first kappa shape index (κ1) is 16.9. The SMILES string of the molecule is CCC1(C(=O)O)CCCC1N([Si](C)(C)C)[Si](C)(C)C.